The monoisotopic (exact) mass is 340 g/mol. The van der Waals surface area contributed by atoms with E-state index in [0.29, 0.717) is 5.82 Å². The van der Waals surface area contributed by atoms with Crippen molar-refractivity contribution < 1.29 is 9.90 Å². The van der Waals surface area contributed by atoms with E-state index in [2.05, 4.69) is 26.2 Å². The Labute approximate surface area is 123 Å². The number of nitrogens with zero attached hydrogens (tertiary/aromatic N) is 1. The minimum atomic E-state index is -1.06. The zero-order valence-electron chi connectivity index (χ0n) is 9.95. The average molecular weight is 342 g/mol. The molecule has 2 rings (SSSR count). The van der Waals surface area contributed by atoms with E-state index in [1.54, 1.807) is 0 Å². The molecular formula is C13H10BrClN2O2. The highest BCUT2D eigenvalue weighted by Gasteiger charge is 2.09. The van der Waals surface area contributed by atoms with Gasteiger partial charge in [-0.25, -0.2) is 9.78 Å². The van der Waals surface area contributed by atoms with Crippen molar-refractivity contribution >= 4 is 45.0 Å². The van der Waals surface area contributed by atoms with Gasteiger partial charge in [0.1, 0.15) is 5.82 Å². The summed E-state index contributed by atoms with van der Waals surface area (Å²) in [6.45, 7) is 1.99. The summed E-state index contributed by atoms with van der Waals surface area (Å²) in [5, 5.41) is 12.1. The third kappa shape index (κ3) is 3.24. The summed E-state index contributed by atoms with van der Waals surface area (Å²) in [4.78, 5) is 14.8. The number of halogens is 2. The number of pyridine rings is 1. The number of anilines is 2. The SMILES string of the molecule is Cc1ccc(Nc2ncc(C(=O)O)cc2Cl)c(Br)c1. The Morgan fingerprint density at radius 2 is 2.16 bits per heavy atom. The molecule has 1 aromatic carbocycles. The number of carbonyl (C=O) groups is 1. The number of aromatic nitrogens is 1. The lowest BCUT2D eigenvalue weighted by molar-refractivity contribution is 0.0696. The van der Waals surface area contributed by atoms with Gasteiger partial charge in [-0.15, -0.1) is 0 Å². The third-order valence-electron chi connectivity index (χ3n) is 2.47. The van der Waals surface area contributed by atoms with Crippen molar-refractivity contribution in [3.8, 4) is 0 Å². The van der Waals surface area contributed by atoms with Crippen molar-refractivity contribution in [2.24, 2.45) is 0 Å². The van der Waals surface area contributed by atoms with E-state index in [0.717, 1.165) is 15.7 Å². The van der Waals surface area contributed by atoms with Crippen molar-refractivity contribution in [2.75, 3.05) is 5.32 Å². The molecule has 6 heteroatoms. The number of aryl methyl sites for hydroxylation is 1. The van der Waals surface area contributed by atoms with Gasteiger partial charge in [-0.1, -0.05) is 17.7 Å². The Kier molecular flexibility index (Phi) is 4.07. The van der Waals surface area contributed by atoms with Gasteiger partial charge in [-0.2, -0.15) is 0 Å². The fourth-order valence-corrected chi connectivity index (χ4v) is 2.30. The maximum absolute atomic E-state index is 10.8. The molecule has 0 aliphatic heterocycles. The first kappa shape index (κ1) is 13.8. The Morgan fingerprint density at radius 3 is 2.74 bits per heavy atom. The van der Waals surface area contributed by atoms with Gasteiger partial charge in [0, 0.05) is 10.7 Å². The number of carboxylic acid groups (broad SMARTS) is 1. The Balaban J connectivity index is 2.31. The molecule has 0 atom stereocenters. The highest BCUT2D eigenvalue weighted by molar-refractivity contribution is 9.10. The summed E-state index contributed by atoms with van der Waals surface area (Å²) in [5.74, 6) is -0.645. The summed E-state index contributed by atoms with van der Waals surface area (Å²) in [6.07, 6.45) is 1.26. The van der Waals surface area contributed by atoms with E-state index in [4.69, 9.17) is 16.7 Å². The van der Waals surface area contributed by atoms with Crippen LogP contribution in [0.5, 0.6) is 0 Å². The highest BCUT2D eigenvalue weighted by atomic mass is 79.9. The predicted octanol–water partition coefficient (Wildman–Crippen LogP) is 4.25. The van der Waals surface area contributed by atoms with Gasteiger partial charge < -0.3 is 10.4 Å². The van der Waals surface area contributed by atoms with Crippen LogP contribution in [-0.4, -0.2) is 16.1 Å². The van der Waals surface area contributed by atoms with Crippen molar-refractivity contribution in [1.29, 1.82) is 0 Å². The van der Waals surface area contributed by atoms with Gasteiger partial charge in [-0.05, 0) is 46.6 Å². The van der Waals surface area contributed by atoms with Gasteiger partial charge in [0.2, 0.25) is 0 Å². The molecule has 0 amide bonds. The molecule has 0 saturated heterocycles. The van der Waals surface area contributed by atoms with Gasteiger partial charge in [0.05, 0.1) is 16.3 Å². The quantitative estimate of drug-likeness (QED) is 0.876. The lowest BCUT2D eigenvalue weighted by Crippen LogP contribution is -2.01. The molecule has 19 heavy (non-hydrogen) atoms. The van der Waals surface area contributed by atoms with Crippen LogP contribution in [0.15, 0.2) is 34.9 Å². The van der Waals surface area contributed by atoms with Crippen LogP contribution in [-0.2, 0) is 0 Å². The first-order valence-corrected chi connectivity index (χ1v) is 6.56. The molecule has 98 valence electrons. The lowest BCUT2D eigenvalue weighted by atomic mass is 10.2. The fourth-order valence-electron chi connectivity index (χ4n) is 1.50. The van der Waals surface area contributed by atoms with E-state index in [1.807, 2.05) is 25.1 Å². The van der Waals surface area contributed by atoms with Crippen LogP contribution in [0.1, 0.15) is 15.9 Å². The van der Waals surface area contributed by atoms with E-state index < -0.39 is 5.97 Å². The first-order chi connectivity index (χ1) is 8.97. The minimum Gasteiger partial charge on any atom is -0.478 e. The van der Waals surface area contributed by atoms with Gasteiger partial charge in [0.25, 0.3) is 0 Å². The molecule has 0 spiro atoms. The van der Waals surface area contributed by atoms with E-state index in [-0.39, 0.29) is 10.6 Å². The van der Waals surface area contributed by atoms with Crippen molar-refractivity contribution in [1.82, 2.24) is 4.98 Å². The summed E-state index contributed by atoms with van der Waals surface area (Å²) in [6, 6.07) is 7.17. The number of benzene rings is 1. The second-order valence-corrected chi connectivity index (χ2v) is 5.23. The van der Waals surface area contributed by atoms with Crippen LogP contribution in [0, 0.1) is 6.92 Å². The molecule has 2 aromatic rings. The van der Waals surface area contributed by atoms with E-state index >= 15 is 0 Å². The number of rotatable bonds is 3. The van der Waals surface area contributed by atoms with Crippen molar-refractivity contribution in [3.05, 3.63) is 51.1 Å². The van der Waals surface area contributed by atoms with Crippen molar-refractivity contribution in [3.63, 3.8) is 0 Å². The summed E-state index contributed by atoms with van der Waals surface area (Å²) in [7, 11) is 0. The maximum atomic E-state index is 10.8. The second kappa shape index (κ2) is 5.59. The van der Waals surface area contributed by atoms with Crippen molar-refractivity contribution in [2.45, 2.75) is 6.92 Å². The Hall–Kier alpha value is -1.59. The molecule has 0 saturated carbocycles. The van der Waals surface area contributed by atoms with Crippen LogP contribution in [0.3, 0.4) is 0 Å². The molecule has 0 radical (unpaired) electrons. The molecule has 0 unspecified atom stereocenters. The molecule has 1 aromatic heterocycles. The predicted molar refractivity (Wildman–Crippen MR) is 78.4 cm³/mol. The first-order valence-electron chi connectivity index (χ1n) is 5.39. The number of carboxylic acids is 1. The van der Waals surface area contributed by atoms with E-state index in [1.165, 1.54) is 12.3 Å². The van der Waals surface area contributed by atoms with Crippen LogP contribution < -0.4 is 5.32 Å². The van der Waals surface area contributed by atoms with E-state index in [9.17, 15) is 4.79 Å². The largest absolute Gasteiger partial charge is 0.478 e. The fraction of sp³-hybridized carbons (Fsp3) is 0.0769. The Bertz CT molecular complexity index is 647. The number of aromatic carboxylic acids is 1. The number of hydrogen-bond acceptors (Lipinski definition) is 3. The lowest BCUT2D eigenvalue weighted by Gasteiger charge is -2.10. The number of nitrogens with one attached hydrogen (secondary N) is 1. The topological polar surface area (TPSA) is 62.2 Å². The molecule has 2 N–H and O–H groups in total. The zero-order valence-corrected chi connectivity index (χ0v) is 12.3. The molecular weight excluding hydrogens is 332 g/mol. The van der Waals surface area contributed by atoms with Crippen LogP contribution in [0.4, 0.5) is 11.5 Å². The molecule has 0 aliphatic carbocycles. The molecule has 4 nitrogen and oxygen atoms in total. The summed E-state index contributed by atoms with van der Waals surface area (Å²) in [5.41, 5.74) is 1.99. The normalized spacial score (nSPS) is 10.3. The average Bonchev–Trinajstić information content (AvgIpc) is 2.34. The molecule has 0 bridgehead atoms. The maximum Gasteiger partial charge on any atom is 0.337 e. The highest BCUT2D eigenvalue weighted by Crippen LogP contribution is 2.29. The molecule has 0 fully saturated rings. The third-order valence-corrected chi connectivity index (χ3v) is 3.41. The minimum absolute atomic E-state index is 0.0542. The standard InChI is InChI=1S/C13H10BrClN2O2/c1-7-2-3-11(9(14)4-7)17-12-10(15)5-8(6-16-12)13(18)19/h2-6H,1H3,(H,16,17)(H,18,19). The van der Waals surface area contributed by atoms with Crippen LogP contribution in [0.25, 0.3) is 0 Å². The second-order valence-electron chi connectivity index (χ2n) is 3.97. The summed E-state index contributed by atoms with van der Waals surface area (Å²) < 4.78 is 0.882. The van der Waals surface area contributed by atoms with Crippen LogP contribution >= 0.6 is 27.5 Å². The van der Waals surface area contributed by atoms with Gasteiger partial charge in [-0.3, -0.25) is 0 Å². The number of hydrogen-bond donors (Lipinski definition) is 2. The smallest absolute Gasteiger partial charge is 0.337 e. The summed E-state index contributed by atoms with van der Waals surface area (Å²) >= 11 is 9.44. The van der Waals surface area contributed by atoms with Crippen LogP contribution in [0.2, 0.25) is 5.02 Å². The zero-order chi connectivity index (χ0) is 14.0. The van der Waals surface area contributed by atoms with Gasteiger partial charge in [0.15, 0.2) is 0 Å². The molecule has 0 aliphatic rings. The van der Waals surface area contributed by atoms with Gasteiger partial charge >= 0.3 is 5.97 Å². The molecule has 1 heterocycles. The Morgan fingerprint density at radius 1 is 1.42 bits per heavy atom.